The van der Waals surface area contributed by atoms with E-state index in [9.17, 15) is 10.1 Å². The van der Waals surface area contributed by atoms with Gasteiger partial charge in [-0.25, -0.2) is 4.98 Å². The lowest BCUT2D eigenvalue weighted by Crippen LogP contribution is -2.46. The van der Waals surface area contributed by atoms with Gasteiger partial charge in [0.05, 0.1) is 16.8 Å². The van der Waals surface area contributed by atoms with Crippen LogP contribution >= 0.6 is 11.3 Å². The standard InChI is InChI=1S/C21H22N6O2S/c1-16-15-30-21(23-16)24-22-14-17-13-19(27(28)29)7-8-20(17)26-11-9-25(10-12-26)18-5-3-2-4-6-18/h2-8,13-15H,9-12H2,1H3,(H,23,24). The Balaban J connectivity index is 1.51. The number of nitrogens with one attached hydrogen (secondary N) is 1. The molecule has 1 N–H and O–H groups in total. The number of nitrogens with zero attached hydrogens (tertiary/aromatic N) is 5. The molecule has 0 atom stereocenters. The zero-order chi connectivity index (χ0) is 20.9. The number of anilines is 3. The summed E-state index contributed by atoms with van der Waals surface area (Å²) in [6.45, 7) is 5.33. The van der Waals surface area contributed by atoms with Crippen LogP contribution in [0.15, 0.2) is 59.0 Å². The normalized spacial score (nSPS) is 14.3. The van der Waals surface area contributed by atoms with E-state index in [1.165, 1.54) is 17.0 Å². The number of aryl methyl sites for hydroxylation is 1. The first-order valence-electron chi connectivity index (χ1n) is 9.65. The molecular formula is C21H22N6O2S. The van der Waals surface area contributed by atoms with Crippen LogP contribution < -0.4 is 15.2 Å². The molecule has 4 rings (SSSR count). The number of nitro groups is 1. The molecule has 2 aromatic carbocycles. The highest BCUT2D eigenvalue weighted by atomic mass is 32.1. The number of nitro benzene ring substituents is 1. The fraction of sp³-hybridized carbons (Fsp3) is 0.238. The average Bonchev–Trinajstić information content (AvgIpc) is 3.19. The fourth-order valence-electron chi connectivity index (χ4n) is 3.45. The first-order chi connectivity index (χ1) is 14.6. The van der Waals surface area contributed by atoms with Gasteiger partial charge in [0.1, 0.15) is 0 Å². The van der Waals surface area contributed by atoms with Crippen LogP contribution in [0.2, 0.25) is 0 Å². The molecule has 0 bridgehead atoms. The van der Waals surface area contributed by atoms with Gasteiger partial charge in [-0.05, 0) is 25.1 Å². The molecule has 0 spiro atoms. The summed E-state index contributed by atoms with van der Waals surface area (Å²) in [5.41, 5.74) is 6.73. The third-order valence-electron chi connectivity index (χ3n) is 4.95. The summed E-state index contributed by atoms with van der Waals surface area (Å²) in [6.07, 6.45) is 1.63. The van der Waals surface area contributed by atoms with Crippen LogP contribution in [-0.4, -0.2) is 42.3 Å². The Labute approximate surface area is 178 Å². The number of benzene rings is 2. The third kappa shape index (κ3) is 4.57. The minimum atomic E-state index is -0.383. The van der Waals surface area contributed by atoms with E-state index in [1.807, 2.05) is 36.6 Å². The highest BCUT2D eigenvalue weighted by Crippen LogP contribution is 2.27. The first-order valence-corrected chi connectivity index (χ1v) is 10.5. The number of hydrazone groups is 1. The lowest BCUT2D eigenvalue weighted by molar-refractivity contribution is -0.384. The molecule has 1 fully saturated rings. The van der Waals surface area contributed by atoms with E-state index < -0.39 is 0 Å². The minimum absolute atomic E-state index is 0.0493. The van der Waals surface area contributed by atoms with Gasteiger partial charge in [0.15, 0.2) is 0 Å². The van der Waals surface area contributed by atoms with Crippen molar-refractivity contribution in [2.45, 2.75) is 6.92 Å². The highest BCUT2D eigenvalue weighted by molar-refractivity contribution is 7.13. The first kappa shape index (κ1) is 19.8. The van der Waals surface area contributed by atoms with Gasteiger partial charge < -0.3 is 9.80 Å². The summed E-state index contributed by atoms with van der Waals surface area (Å²) in [5, 5.41) is 18.1. The van der Waals surface area contributed by atoms with Gasteiger partial charge in [-0.1, -0.05) is 18.2 Å². The van der Waals surface area contributed by atoms with Crippen LogP contribution in [0, 0.1) is 17.0 Å². The van der Waals surface area contributed by atoms with E-state index >= 15 is 0 Å². The van der Waals surface area contributed by atoms with E-state index in [4.69, 9.17) is 0 Å². The van der Waals surface area contributed by atoms with Crippen molar-refractivity contribution in [2.75, 3.05) is 41.4 Å². The van der Waals surface area contributed by atoms with Gasteiger partial charge in [-0.3, -0.25) is 15.5 Å². The van der Waals surface area contributed by atoms with E-state index in [2.05, 4.69) is 37.4 Å². The van der Waals surface area contributed by atoms with Crippen LogP contribution in [0.1, 0.15) is 11.3 Å². The maximum Gasteiger partial charge on any atom is 0.270 e. The molecule has 1 aliphatic heterocycles. The molecule has 3 aromatic rings. The predicted octanol–water partition coefficient (Wildman–Crippen LogP) is 4.13. The molecule has 1 saturated heterocycles. The van der Waals surface area contributed by atoms with E-state index in [0.717, 1.165) is 37.6 Å². The van der Waals surface area contributed by atoms with Gasteiger partial charge in [0.2, 0.25) is 5.13 Å². The quantitative estimate of drug-likeness (QED) is 0.365. The Morgan fingerprint density at radius 3 is 2.53 bits per heavy atom. The maximum atomic E-state index is 11.3. The van der Waals surface area contributed by atoms with E-state index in [0.29, 0.717) is 10.7 Å². The summed E-state index contributed by atoms with van der Waals surface area (Å²) in [7, 11) is 0. The molecule has 0 saturated carbocycles. The summed E-state index contributed by atoms with van der Waals surface area (Å²) in [5.74, 6) is 0. The molecule has 30 heavy (non-hydrogen) atoms. The van der Waals surface area contributed by atoms with Gasteiger partial charge in [-0.15, -0.1) is 11.3 Å². The van der Waals surface area contributed by atoms with Crippen LogP contribution in [0.25, 0.3) is 0 Å². The summed E-state index contributed by atoms with van der Waals surface area (Å²) >= 11 is 1.46. The fourth-order valence-corrected chi connectivity index (χ4v) is 4.09. The van der Waals surface area contributed by atoms with Crippen molar-refractivity contribution >= 4 is 39.7 Å². The van der Waals surface area contributed by atoms with Crippen molar-refractivity contribution in [1.82, 2.24) is 4.98 Å². The number of aromatic nitrogens is 1. The largest absolute Gasteiger partial charge is 0.368 e. The monoisotopic (exact) mass is 422 g/mol. The minimum Gasteiger partial charge on any atom is -0.368 e. The molecule has 2 heterocycles. The molecule has 154 valence electrons. The molecule has 1 aliphatic rings. The van der Waals surface area contributed by atoms with Crippen molar-refractivity contribution in [3.05, 3.63) is 75.3 Å². The topological polar surface area (TPSA) is 86.9 Å². The number of non-ortho nitro benzene ring substituents is 1. The molecular weight excluding hydrogens is 400 g/mol. The van der Waals surface area contributed by atoms with Gasteiger partial charge in [0, 0.05) is 60.6 Å². The van der Waals surface area contributed by atoms with Crippen molar-refractivity contribution in [3.8, 4) is 0 Å². The molecule has 9 heteroatoms. The molecule has 8 nitrogen and oxygen atoms in total. The third-order valence-corrected chi connectivity index (χ3v) is 5.81. The molecule has 1 aromatic heterocycles. The Hall–Kier alpha value is -3.46. The average molecular weight is 423 g/mol. The van der Waals surface area contributed by atoms with Gasteiger partial charge in [-0.2, -0.15) is 5.10 Å². The Morgan fingerprint density at radius 1 is 1.13 bits per heavy atom. The number of piperazine rings is 1. The summed E-state index contributed by atoms with van der Waals surface area (Å²) in [6, 6.07) is 15.3. The second-order valence-electron chi connectivity index (χ2n) is 6.97. The van der Waals surface area contributed by atoms with Crippen molar-refractivity contribution in [3.63, 3.8) is 0 Å². The number of para-hydroxylation sites is 1. The zero-order valence-electron chi connectivity index (χ0n) is 16.6. The summed E-state index contributed by atoms with van der Waals surface area (Å²) in [4.78, 5) is 19.8. The lowest BCUT2D eigenvalue weighted by Gasteiger charge is -2.37. The van der Waals surface area contributed by atoms with Crippen molar-refractivity contribution < 1.29 is 4.92 Å². The Bertz CT molecular complexity index is 1040. The van der Waals surface area contributed by atoms with Crippen molar-refractivity contribution in [1.29, 1.82) is 0 Å². The van der Waals surface area contributed by atoms with Crippen LogP contribution in [-0.2, 0) is 0 Å². The second kappa shape index (κ2) is 8.91. The van der Waals surface area contributed by atoms with E-state index in [1.54, 1.807) is 18.3 Å². The maximum absolute atomic E-state index is 11.3. The van der Waals surface area contributed by atoms with Gasteiger partial charge in [0.25, 0.3) is 5.69 Å². The Morgan fingerprint density at radius 2 is 1.87 bits per heavy atom. The number of thiazole rings is 1. The number of hydrogen-bond acceptors (Lipinski definition) is 8. The van der Waals surface area contributed by atoms with Crippen LogP contribution in [0.5, 0.6) is 0 Å². The molecule has 0 aliphatic carbocycles. The van der Waals surface area contributed by atoms with Gasteiger partial charge >= 0.3 is 0 Å². The second-order valence-corrected chi connectivity index (χ2v) is 7.83. The Kier molecular flexibility index (Phi) is 5.89. The molecule has 0 radical (unpaired) electrons. The lowest BCUT2D eigenvalue weighted by atomic mass is 10.1. The highest BCUT2D eigenvalue weighted by Gasteiger charge is 2.20. The molecule has 0 unspecified atom stereocenters. The molecule has 0 amide bonds. The number of hydrogen-bond donors (Lipinski definition) is 1. The van der Waals surface area contributed by atoms with Crippen molar-refractivity contribution in [2.24, 2.45) is 5.10 Å². The SMILES string of the molecule is Cc1csc(NN=Cc2cc([N+](=O)[O-])ccc2N2CCN(c3ccccc3)CC2)n1. The summed E-state index contributed by atoms with van der Waals surface area (Å²) < 4.78 is 0. The number of rotatable bonds is 6. The van der Waals surface area contributed by atoms with E-state index in [-0.39, 0.29) is 10.6 Å². The smallest absolute Gasteiger partial charge is 0.270 e. The zero-order valence-corrected chi connectivity index (χ0v) is 17.4. The van der Waals surface area contributed by atoms with Crippen LogP contribution in [0.4, 0.5) is 22.2 Å². The predicted molar refractivity (Wildman–Crippen MR) is 122 cm³/mol. The van der Waals surface area contributed by atoms with Crippen LogP contribution in [0.3, 0.4) is 0 Å².